The molecule has 2 N–H and O–H groups in total. The zero-order valence-electron chi connectivity index (χ0n) is 9.82. The third-order valence-electron chi connectivity index (χ3n) is 2.18. The number of aryl methyl sites for hydroxylation is 1. The van der Waals surface area contributed by atoms with Gasteiger partial charge >= 0.3 is 0 Å². The molecule has 0 unspecified atom stereocenters. The Bertz CT molecular complexity index is 582. The molecule has 0 radical (unpaired) electrons. The van der Waals surface area contributed by atoms with E-state index in [0.29, 0.717) is 11.5 Å². The van der Waals surface area contributed by atoms with E-state index >= 15 is 0 Å². The van der Waals surface area contributed by atoms with E-state index in [1.165, 1.54) is 0 Å². The monoisotopic (exact) mass is 266 g/mol. The van der Waals surface area contributed by atoms with Crippen LogP contribution < -0.4 is 10.6 Å². The predicted octanol–water partition coefficient (Wildman–Crippen LogP) is 2.33. The number of rotatable bonds is 3. The number of anilines is 2. The van der Waals surface area contributed by atoms with Crippen molar-refractivity contribution in [2.45, 2.75) is 6.92 Å². The summed E-state index contributed by atoms with van der Waals surface area (Å²) in [5.41, 5.74) is 0.797. The van der Waals surface area contributed by atoms with Gasteiger partial charge in [-0.2, -0.15) is 0 Å². The van der Waals surface area contributed by atoms with E-state index in [4.69, 9.17) is 16.1 Å². The first-order valence-electron chi connectivity index (χ1n) is 5.19. The highest BCUT2D eigenvalue weighted by Crippen LogP contribution is 2.18. The van der Waals surface area contributed by atoms with Crippen molar-refractivity contribution in [1.82, 2.24) is 10.1 Å². The number of hydrogen-bond acceptors (Lipinski definition) is 5. The molecule has 0 aromatic carbocycles. The van der Waals surface area contributed by atoms with Crippen LogP contribution in [0.1, 0.15) is 16.2 Å². The average Bonchev–Trinajstić information content (AvgIpc) is 2.75. The van der Waals surface area contributed by atoms with Gasteiger partial charge in [0.05, 0.1) is 10.7 Å². The van der Waals surface area contributed by atoms with Crippen molar-refractivity contribution in [3.05, 3.63) is 34.6 Å². The Morgan fingerprint density at radius 3 is 2.83 bits per heavy atom. The molecule has 0 aliphatic heterocycles. The standard InChI is InChI=1S/C11H11ClN4O2/c1-6-5-9(18-16-6)15-11(17)10-7(12)3-4-8(13-2)14-10/h3-5H,1-2H3,(H,13,14)(H,15,17). The number of nitrogens with zero attached hydrogens (tertiary/aromatic N) is 2. The summed E-state index contributed by atoms with van der Waals surface area (Å²) >= 11 is 5.92. The van der Waals surface area contributed by atoms with E-state index in [-0.39, 0.29) is 16.6 Å². The van der Waals surface area contributed by atoms with Crippen molar-refractivity contribution >= 4 is 29.2 Å². The molecule has 6 nitrogen and oxygen atoms in total. The summed E-state index contributed by atoms with van der Waals surface area (Å²) in [6, 6.07) is 4.88. The van der Waals surface area contributed by atoms with Gasteiger partial charge < -0.3 is 9.84 Å². The van der Waals surface area contributed by atoms with E-state index in [0.717, 1.165) is 0 Å². The van der Waals surface area contributed by atoms with Gasteiger partial charge in [-0.3, -0.25) is 10.1 Å². The highest BCUT2D eigenvalue weighted by Gasteiger charge is 2.15. The SMILES string of the molecule is CNc1ccc(Cl)c(C(=O)Nc2cc(C)no2)n1. The minimum absolute atomic E-state index is 0.123. The van der Waals surface area contributed by atoms with Gasteiger partial charge in [-0.25, -0.2) is 4.98 Å². The first kappa shape index (κ1) is 12.4. The van der Waals surface area contributed by atoms with Crippen LogP contribution in [-0.4, -0.2) is 23.1 Å². The maximum Gasteiger partial charge on any atom is 0.278 e. The number of halogens is 1. The first-order chi connectivity index (χ1) is 8.60. The molecule has 0 fully saturated rings. The third kappa shape index (κ3) is 2.60. The summed E-state index contributed by atoms with van der Waals surface area (Å²) in [7, 11) is 1.71. The normalized spacial score (nSPS) is 10.2. The van der Waals surface area contributed by atoms with Crippen molar-refractivity contribution in [3.63, 3.8) is 0 Å². The Hall–Kier alpha value is -2.08. The number of amides is 1. The lowest BCUT2D eigenvalue weighted by Crippen LogP contribution is -2.14. The van der Waals surface area contributed by atoms with Gasteiger partial charge in [-0.05, 0) is 19.1 Å². The van der Waals surface area contributed by atoms with Crippen molar-refractivity contribution in [3.8, 4) is 0 Å². The molecule has 0 aliphatic carbocycles. The maximum atomic E-state index is 11.9. The molecule has 1 amide bonds. The summed E-state index contributed by atoms with van der Waals surface area (Å²) in [4.78, 5) is 16.0. The minimum atomic E-state index is -0.451. The van der Waals surface area contributed by atoms with Crippen molar-refractivity contribution in [2.75, 3.05) is 17.7 Å². The molecule has 18 heavy (non-hydrogen) atoms. The van der Waals surface area contributed by atoms with Crippen LogP contribution in [0.15, 0.2) is 22.7 Å². The second-order valence-electron chi connectivity index (χ2n) is 3.56. The fourth-order valence-electron chi connectivity index (χ4n) is 1.33. The molecule has 2 rings (SSSR count). The van der Waals surface area contributed by atoms with E-state index in [1.807, 2.05) is 0 Å². The van der Waals surface area contributed by atoms with Gasteiger partial charge in [-0.1, -0.05) is 16.8 Å². The third-order valence-corrected chi connectivity index (χ3v) is 2.49. The summed E-state index contributed by atoms with van der Waals surface area (Å²) < 4.78 is 4.88. The fourth-order valence-corrected chi connectivity index (χ4v) is 1.53. The highest BCUT2D eigenvalue weighted by atomic mass is 35.5. The van der Waals surface area contributed by atoms with Crippen molar-refractivity contribution < 1.29 is 9.32 Å². The second-order valence-corrected chi connectivity index (χ2v) is 3.97. The predicted molar refractivity (Wildman–Crippen MR) is 68.0 cm³/mol. The van der Waals surface area contributed by atoms with Crippen LogP contribution in [0.2, 0.25) is 5.02 Å². The molecule has 0 aliphatic rings. The Morgan fingerprint density at radius 1 is 1.44 bits per heavy atom. The van der Waals surface area contributed by atoms with Crippen LogP contribution in [-0.2, 0) is 0 Å². The molecule has 2 aromatic heterocycles. The lowest BCUT2D eigenvalue weighted by atomic mass is 10.3. The van der Waals surface area contributed by atoms with Crippen LogP contribution in [0.4, 0.5) is 11.7 Å². The Morgan fingerprint density at radius 2 is 2.22 bits per heavy atom. The molecule has 0 saturated carbocycles. The number of nitrogens with one attached hydrogen (secondary N) is 2. The maximum absolute atomic E-state index is 11.9. The van der Waals surface area contributed by atoms with Crippen LogP contribution in [0.25, 0.3) is 0 Å². The first-order valence-corrected chi connectivity index (χ1v) is 5.57. The summed E-state index contributed by atoms with van der Waals surface area (Å²) in [5, 5.41) is 9.29. The summed E-state index contributed by atoms with van der Waals surface area (Å²) in [5.74, 6) is 0.358. The van der Waals surface area contributed by atoms with Gasteiger partial charge in [0, 0.05) is 13.1 Å². The Kier molecular flexibility index (Phi) is 3.47. The van der Waals surface area contributed by atoms with Crippen molar-refractivity contribution in [1.29, 1.82) is 0 Å². The number of aromatic nitrogens is 2. The average molecular weight is 267 g/mol. The minimum Gasteiger partial charge on any atom is -0.373 e. The van der Waals surface area contributed by atoms with E-state index in [2.05, 4.69) is 20.8 Å². The van der Waals surface area contributed by atoms with Crippen molar-refractivity contribution in [2.24, 2.45) is 0 Å². The molecule has 0 spiro atoms. The van der Waals surface area contributed by atoms with E-state index in [1.54, 1.807) is 32.2 Å². The summed E-state index contributed by atoms with van der Waals surface area (Å²) in [6.45, 7) is 1.76. The number of carbonyl (C=O) groups is 1. The zero-order chi connectivity index (χ0) is 13.1. The Labute approximate surface area is 108 Å². The number of hydrogen-bond donors (Lipinski definition) is 2. The van der Waals surface area contributed by atoms with Crippen LogP contribution in [0.3, 0.4) is 0 Å². The van der Waals surface area contributed by atoms with Gasteiger partial charge in [-0.15, -0.1) is 0 Å². The lowest BCUT2D eigenvalue weighted by Gasteiger charge is -2.05. The molecular formula is C11H11ClN4O2. The number of carbonyl (C=O) groups excluding carboxylic acids is 1. The van der Waals surface area contributed by atoms with E-state index in [9.17, 15) is 4.79 Å². The smallest absolute Gasteiger partial charge is 0.278 e. The van der Waals surface area contributed by atoms with Gasteiger partial charge in [0.15, 0.2) is 0 Å². The van der Waals surface area contributed by atoms with E-state index < -0.39 is 5.91 Å². The number of pyridine rings is 1. The van der Waals surface area contributed by atoms with Crippen LogP contribution in [0, 0.1) is 6.92 Å². The van der Waals surface area contributed by atoms with Gasteiger partial charge in [0.1, 0.15) is 11.5 Å². The Balaban J connectivity index is 2.23. The van der Waals surface area contributed by atoms with Crippen LogP contribution >= 0.6 is 11.6 Å². The van der Waals surface area contributed by atoms with Crippen LogP contribution in [0.5, 0.6) is 0 Å². The second kappa shape index (κ2) is 5.05. The fraction of sp³-hybridized carbons (Fsp3) is 0.182. The molecule has 2 aromatic rings. The molecular weight excluding hydrogens is 256 g/mol. The molecule has 0 bridgehead atoms. The van der Waals surface area contributed by atoms with Gasteiger partial charge in [0.25, 0.3) is 5.91 Å². The highest BCUT2D eigenvalue weighted by molar-refractivity contribution is 6.34. The zero-order valence-corrected chi connectivity index (χ0v) is 10.6. The summed E-state index contributed by atoms with van der Waals surface area (Å²) in [6.07, 6.45) is 0. The molecule has 0 atom stereocenters. The lowest BCUT2D eigenvalue weighted by molar-refractivity contribution is 0.101. The quantitative estimate of drug-likeness (QED) is 0.891. The molecule has 2 heterocycles. The molecule has 0 saturated heterocycles. The molecule has 94 valence electrons. The largest absolute Gasteiger partial charge is 0.373 e. The molecule has 7 heteroatoms. The van der Waals surface area contributed by atoms with Gasteiger partial charge in [0.2, 0.25) is 5.88 Å². The topological polar surface area (TPSA) is 80.0 Å².